The van der Waals surface area contributed by atoms with Gasteiger partial charge >= 0.3 is 29.2 Å². The first-order valence-electron chi connectivity index (χ1n) is 7.67. The summed E-state index contributed by atoms with van der Waals surface area (Å²) in [7, 11) is -17.1. The molecule has 0 aliphatic carbocycles. The molecule has 0 radical (unpaired) electrons. The van der Waals surface area contributed by atoms with Gasteiger partial charge in [-0.3, -0.25) is 18.9 Å². The first-order chi connectivity index (χ1) is 14.0. The summed E-state index contributed by atoms with van der Waals surface area (Å²) in [6.45, 7) is -2.98. The highest BCUT2D eigenvalue weighted by Gasteiger charge is 2.56. The van der Waals surface area contributed by atoms with Crippen LogP contribution < -0.4 is 11.2 Å². The van der Waals surface area contributed by atoms with Crippen LogP contribution in [0.5, 0.6) is 0 Å². The van der Waals surface area contributed by atoms with E-state index in [1.54, 1.807) is 0 Å². The maximum absolute atomic E-state index is 13.8. The molecule has 6 N–H and O–H groups in total. The van der Waals surface area contributed by atoms with Gasteiger partial charge < -0.3 is 29.4 Å². The summed E-state index contributed by atoms with van der Waals surface area (Å²) in [5.74, 6) is 0. The summed E-state index contributed by atoms with van der Waals surface area (Å²) >= 11 is 5.96. The van der Waals surface area contributed by atoms with Crippen LogP contribution in [0.4, 0.5) is 4.39 Å². The molecule has 16 nitrogen and oxygen atoms in total. The van der Waals surface area contributed by atoms with Crippen molar-refractivity contribution in [2.75, 3.05) is 13.3 Å². The van der Waals surface area contributed by atoms with Gasteiger partial charge in [-0.2, -0.15) is 8.62 Å². The van der Waals surface area contributed by atoms with Gasteiger partial charge in [-0.1, -0.05) is 0 Å². The first kappa shape index (κ1) is 26.5. The van der Waals surface area contributed by atoms with Gasteiger partial charge in [-0.05, 0) is 0 Å². The monoisotopic (exact) mass is 534 g/mol. The SMILES string of the molecule is O=c1ccn([C@@H]2O[C@](CF)(COP(=O)(O)OP(=O)(O)OP(=O)(O)O)[C@@H](O)[C@@H]2Cl)c(=O)[nH]1. The highest BCUT2D eigenvalue weighted by atomic mass is 35.5. The Hall–Kier alpha value is -0.770. The first-order valence-corrected chi connectivity index (χ1v) is 12.6. The molecule has 1 aromatic rings. The molecular formula is C10H15ClFN2O14P3. The highest BCUT2D eigenvalue weighted by Crippen LogP contribution is 2.66. The number of H-pyrrole nitrogens is 1. The van der Waals surface area contributed by atoms with Crippen LogP contribution >= 0.6 is 35.1 Å². The third-order valence-electron chi connectivity index (χ3n) is 3.71. The van der Waals surface area contributed by atoms with Gasteiger partial charge in [0.25, 0.3) is 5.56 Å². The topological polar surface area (TPSA) is 244 Å². The number of phosphoric acid groups is 3. The molecule has 0 bridgehead atoms. The second kappa shape index (κ2) is 9.23. The molecule has 21 heteroatoms. The lowest BCUT2D eigenvalue weighted by Crippen LogP contribution is -2.48. The summed E-state index contributed by atoms with van der Waals surface area (Å²) in [5.41, 5.74) is -4.33. The normalized spacial score (nSPS) is 30.6. The number of hydrogen-bond donors (Lipinski definition) is 6. The van der Waals surface area contributed by atoms with E-state index < -0.39 is 71.3 Å². The molecule has 1 aromatic heterocycles. The number of aliphatic hydroxyl groups is 1. The van der Waals surface area contributed by atoms with Crippen molar-refractivity contribution in [2.24, 2.45) is 0 Å². The number of aromatic nitrogens is 2. The lowest BCUT2D eigenvalue weighted by atomic mass is 9.99. The number of halogens is 2. The third kappa shape index (κ3) is 6.62. The molecule has 0 amide bonds. The van der Waals surface area contributed by atoms with Crippen molar-refractivity contribution in [3.63, 3.8) is 0 Å². The van der Waals surface area contributed by atoms with E-state index in [1.807, 2.05) is 4.98 Å². The Bertz CT molecular complexity index is 1070. The summed E-state index contributed by atoms with van der Waals surface area (Å²) in [5, 5.41) is 8.71. The van der Waals surface area contributed by atoms with Crippen LogP contribution in [0.15, 0.2) is 21.9 Å². The molecule has 31 heavy (non-hydrogen) atoms. The zero-order chi connectivity index (χ0) is 23.8. The second-order valence-corrected chi connectivity index (χ2v) is 10.9. The van der Waals surface area contributed by atoms with E-state index >= 15 is 0 Å². The van der Waals surface area contributed by atoms with E-state index in [0.29, 0.717) is 4.57 Å². The minimum absolute atomic E-state index is 0.685. The molecule has 0 spiro atoms. The molecule has 1 aliphatic rings. The second-order valence-electron chi connectivity index (χ2n) is 5.98. The molecule has 178 valence electrons. The van der Waals surface area contributed by atoms with Gasteiger partial charge in [0.05, 0.1) is 6.61 Å². The maximum Gasteiger partial charge on any atom is 0.490 e. The Labute approximate surface area is 175 Å². The number of ether oxygens (including phenoxy) is 1. The highest BCUT2D eigenvalue weighted by molar-refractivity contribution is 7.66. The molecule has 1 saturated heterocycles. The fourth-order valence-corrected chi connectivity index (χ4v) is 5.90. The fourth-order valence-electron chi connectivity index (χ4n) is 2.42. The third-order valence-corrected chi connectivity index (χ3v) is 7.94. The number of alkyl halides is 2. The molecule has 2 heterocycles. The fraction of sp³-hybridized carbons (Fsp3) is 0.600. The van der Waals surface area contributed by atoms with E-state index in [-0.39, 0.29) is 0 Å². The average molecular weight is 535 g/mol. The van der Waals surface area contributed by atoms with Crippen LogP contribution in [0, 0.1) is 0 Å². The van der Waals surface area contributed by atoms with Gasteiger partial charge in [0.15, 0.2) is 11.8 Å². The average Bonchev–Trinajstić information content (AvgIpc) is 2.82. The molecule has 6 atom stereocenters. The molecule has 2 unspecified atom stereocenters. The summed E-state index contributed by atoms with van der Waals surface area (Å²) in [6, 6.07) is 0.891. The summed E-state index contributed by atoms with van der Waals surface area (Å²) in [6.07, 6.45) is -2.67. The van der Waals surface area contributed by atoms with Crippen molar-refractivity contribution in [3.8, 4) is 0 Å². The number of phosphoric ester groups is 1. The van der Waals surface area contributed by atoms with Crippen LogP contribution in [-0.2, 0) is 31.6 Å². The van der Waals surface area contributed by atoms with E-state index in [4.69, 9.17) is 31.0 Å². The number of hydrogen-bond acceptors (Lipinski definition) is 10. The van der Waals surface area contributed by atoms with E-state index in [0.717, 1.165) is 12.3 Å². The minimum Gasteiger partial charge on any atom is -0.388 e. The number of nitrogens with zero attached hydrogens (tertiary/aromatic N) is 1. The van der Waals surface area contributed by atoms with Crippen molar-refractivity contribution in [3.05, 3.63) is 33.1 Å². The van der Waals surface area contributed by atoms with Gasteiger partial charge in [-0.25, -0.2) is 22.9 Å². The van der Waals surface area contributed by atoms with Gasteiger partial charge in [0.1, 0.15) is 18.2 Å². The summed E-state index contributed by atoms with van der Waals surface area (Å²) in [4.78, 5) is 60.4. The van der Waals surface area contributed by atoms with Crippen molar-refractivity contribution in [2.45, 2.75) is 23.3 Å². The van der Waals surface area contributed by atoms with Crippen LogP contribution in [0.25, 0.3) is 0 Å². The number of rotatable bonds is 9. The Morgan fingerprint density at radius 3 is 2.32 bits per heavy atom. The van der Waals surface area contributed by atoms with Crippen LogP contribution in [-0.4, -0.2) is 64.6 Å². The van der Waals surface area contributed by atoms with E-state index in [1.165, 1.54) is 0 Å². The van der Waals surface area contributed by atoms with Crippen molar-refractivity contribution in [1.82, 2.24) is 9.55 Å². The smallest absolute Gasteiger partial charge is 0.388 e. The lowest BCUT2D eigenvalue weighted by molar-refractivity contribution is -0.135. The van der Waals surface area contributed by atoms with Crippen molar-refractivity contribution in [1.29, 1.82) is 0 Å². The number of aliphatic hydroxyl groups excluding tert-OH is 1. The van der Waals surface area contributed by atoms with Crippen molar-refractivity contribution >= 4 is 35.1 Å². The Balaban J connectivity index is 2.21. The predicted octanol–water partition coefficient (Wildman–Crippen LogP) is -0.915. The zero-order valence-electron chi connectivity index (χ0n) is 14.8. The number of aromatic amines is 1. The molecule has 0 aromatic carbocycles. The standard InChI is InChI=1S/C10H15ClFN2O14P3/c11-6-7(16)10(3-12,26-8(6)14-2-1-5(15)13-9(14)17)4-25-30(21,22)28-31(23,24)27-29(18,19)20/h1-2,6-8,16H,3-4H2,(H,21,22)(H,23,24)(H,13,15,17)(H2,18,19,20)/t6-,7-,8+,10+/m0/s1. The zero-order valence-corrected chi connectivity index (χ0v) is 18.2. The molecular weight excluding hydrogens is 519 g/mol. The van der Waals surface area contributed by atoms with Gasteiger partial charge in [0, 0.05) is 12.3 Å². The Morgan fingerprint density at radius 1 is 1.19 bits per heavy atom. The van der Waals surface area contributed by atoms with E-state index in [2.05, 4.69) is 13.1 Å². The molecule has 1 aliphatic heterocycles. The largest absolute Gasteiger partial charge is 0.490 e. The molecule has 1 fully saturated rings. The quantitative estimate of drug-likeness (QED) is 0.166. The van der Waals surface area contributed by atoms with Crippen molar-refractivity contribution < 1.29 is 60.6 Å². The molecule has 2 rings (SSSR count). The van der Waals surface area contributed by atoms with E-state index in [9.17, 15) is 37.7 Å². The van der Waals surface area contributed by atoms with Gasteiger partial charge in [-0.15, -0.1) is 11.6 Å². The minimum atomic E-state index is -5.83. The Morgan fingerprint density at radius 2 is 1.81 bits per heavy atom. The van der Waals surface area contributed by atoms with Crippen LogP contribution in [0.3, 0.4) is 0 Å². The number of nitrogens with one attached hydrogen (secondary N) is 1. The molecule has 0 saturated carbocycles. The maximum atomic E-state index is 13.8. The summed E-state index contributed by atoms with van der Waals surface area (Å²) < 4.78 is 64.7. The lowest BCUT2D eigenvalue weighted by Gasteiger charge is -2.29. The Kier molecular flexibility index (Phi) is 7.89. The predicted molar refractivity (Wildman–Crippen MR) is 95.6 cm³/mol. The van der Waals surface area contributed by atoms with Gasteiger partial charge in [0.2, 0.25) is 0 Å². The van der Waals surface area contributed by atoms with Crippen LogP contribution in [0.1, 0.15) is 6.23 Å². The van der Waals surface area contributed by atoms with Crippen LogP contribution in [0.2, 0.25) is 0 Å².